The lowest BCUT2D eigenvalue weighted by atomic mass is 10.1. The fourth-order valence-electron chi connectivity index (χ4n) is 1.27. The lowest BCUT2D eigenvalue weighted by Gasteiger charge is -1.99. The first kappa shape index (κ1) is 10.6. The molecule has 1 aromatic rings. The maximum absolute atomic E-state index is 5.60. The Morgan fingerprint density at radius 1 is 1.38 bits per heavy atom. The second kappa shape index (κ2) is 4.18. The predicted octanol–water partition coefficient (Wildman–Crippen LogP) is 3.35. The van der Waals surface area contributed by atoms with E-state index in [0.717, 1.165) is 23.8 Å². The number of rotatable bonds is 3. The highest BCUT2D eigenvalue weighted by molar-refractivity contribution is 7.80. The molecule has 1 aromatic heterocycles. The summed E-state index contributed by atoms with van der Waals surface area (Å²) < 4.78 is 5.60. The van der Waals surface area contributed by atoms with Crippen molar-refractivity contribution in [2.45, 2.75) is 45.3 Å². The first-order valence-corrected chi connectivity index (χ1v) is 5.25. The van der Waals surface area contributed by atoms with E-state index in [9.17, 15) is 0 Å². The van der Waals surface area contributed by atoms with E-state index in [-0.39, 0.29) is 5.25 Å². The number of hydrogen-bond donors (Lipinski definition) is 1. The standard InChI is InChI=1S/C10H17NOS/c1-5-8-9(6(2)3)11-10(12-8)7(4)13/h6-7,13H,5H2,1-4H3. The van der Waals surface area contributed by atoms with E-state index in [0.29, 0.717) is 5.92 Å². The predicted molar refractivity (Wildman–Crippen MR) is 57.4 cm³/mol. The molecule has 74 valence electrons. The second-order valence-electron chi connectivity index (χ2n) is 3.54. The van der Waals surface area contributed by atoms with Gasteiger partial charge in [-0.3, -0.25) is 0 Å². The molecule has 0 aliphatic rings. The number of thiol groups is 1. The second-order valence-corrected chi connectivity index (χ2v) is 4.32. The van der Waals surface area contributed by atoms with Crippen LogP contribution in [0.5, 0.6) is 0 Å². The SMILES string of the molecule is CCc1oc(C(C)S)nc1C(C)C. The van der Waals surface area contributed by atoms with Crippen LogP contribution in [-0.4, -0.2) is 4.98 Å². The van der Waals surface area contributed by atoms with Gasteiger partial charge in [-0.15, -0.1) is 0 Å². The zero-order chi connectivity index (χ0) is 10.0. The highest BCUT2D eigenvalue weighted by Crippen LogP contribution is 2.25. The minimum atomic E-state index is 0.0813. The quantitative estimate of drug-likeness (QED) is 0.755. The van der Waals surface area contributed by atoms with E-state index in [1.54, 1.807) is 0 Å². The smallest absolute Gasteiger partial charge is 0.207 e. The van der Waals surface area contributed by atoms with Crippen LogP contribution in [0.25, 0.3) is 0 Å². The van der Waals surface area contributed by atoms with Gasteiger partial charge in [-0.05, 0) is 12.8 Å². The molecule has 0 saturated carbocycles. The molecule has 0 fully saturated rings. The largest absolute Gasteiger partial charge is 0.444 e. The number of hydrogen-bond acceptors (Lipinski definition) is 3. The van der Waals surface area contributed by atoms with Gasteiger partial charge in [0.2, 0.25) is 5.89 Å². The monoisotopic (exact) mass is 199 g/mol. The molecule has 1 atom stereocenters. The van der Waals surface area contributed by atoms with E-state index in [1.165, 1.54) is 0 Å². The zero-order valence-electron chi connectivity index (χ0n) is 8.66. The van der Waals surface area contributed by atoms with Crippen molar-refractivity contribution in [1.82, 2.24) is 4.98 Å². The van der Waals surface area contributed by atoms with Gasteiger partial charge < -0.3 is 4.42 Å². The number of oxazole rings is 1. The molecule has 0 bridgehead atoms. The Labute approximate surface area is 85.2 Å². The summed E-state index contributed by atoms with van der Waals surface area (Å²) in [5.41, 5.74) is 1.08. The summed E-state index contributed by atoms with van der Waals surface area (Å²) >= 11 is 4.30. The fraction of sp³-hybridized carbons (Fsp3) is 0.700. The summed E-state index contributed by atoms with van der Waals surface area (Å²) in [5.74, 6) is 2.18. The number of aryl methyl sites for hydroxylation is 1. The fourth-order valence-corrected chi connectivity index (χ4v) is 1.38. The van der Waals surface area contributed by atoms with Crippen molar-refractivity contribution in [3.05, 3.63) is 17.3 Å². The molecular formula is C10H17NOS. The molecule has 0 aliphatic heterocycles. The molecule has 0 saturated heterocycles. The molecule has 1 heterocycles. The van der Waals surface area contributed by atoms with Gasteiger partial charge in [0.15, 0.2) is 0 Å². The van der Waals surface area contributed by atoms with E-state index in [4.69, 9.17) is 4.42 Å². The summed E-state index contributed by atoms with van der Waals surface area (Å²) in [5, 5.41) is 0.0813. The molecule has 1 rings (SSSR count). The average molecular weight is 199 g/mol. The average Bonchev–Trinajstić information content (AvgIpc) is 2.47. The van der Waals surface area contributed by atoms with Gasteiger partial charge in [0, 0.05) is 6.42 Å². The Balaban J connectivity index is 3.04. The molecular weight excluding hydrogens is 182 g/mol. The van der Waals surface area contributed by atoms with Crippen molar-refractivity contribution in [3.8, 4) is 0 Å². The molecule has 0 aliphatic carbocycles. The Kier molecular flexibility index (Phi) is 3.42. The van der Waals surface area contributed by atoms with Crippen molar-refractivity contribution < 1.29 is 4.42 Å². The summed E-state index contributed by atoms with van der Waals surface area (Å²) in [7, 11) is 0. The first-order valence-electron chi connectivity index (χ1n) is 4.73. The summed E-state index contributed by atoms with van der Waals surface area (Å²) in [6.07, 6.45) is 0.904. The van der Waals surface area contributed by atoms with Crippen LogP contribution in [0.1, 0.15) is 56.2 Å². The zero-order valence-corrected chi connectivity index (χ0v) is 9.56. The number of aromatic nitrogens is 1. The molecule has 13 heavy (non-hydrogen) atoms. The first-order chi connectivity index (χ1) is 6.06. The molecule has 0 amide bonds. The Hall–Kier alpha value is -0.440. The van der Waals surface area contributed by atoms with Crippen LogP contribution in [-0.2, 0) is 6.42 Å². The molecule has 0 radical (unpaired) electrons. The van der Waals surface area contributed by atoms with Gasteiger partial charge in [0.1, 0.15) is 5.76 Å². The highest BCUT2D eigenvalue weighted by Gasteiger charge is 2.16. The molecule has 3 heteroatoms. The maximum atomic E-state index is 5.60. The summed E-state index contributed by atoms with van der Waals surface area (Å²) in [6.45, 7) is 8.31. The molecule has 1 unspecified atom stereocenters. The normalized spacial score (nSPS) is 13.7. The molecule has 0 spiro atoms. The van der Waals surface area contributed by atoms with Crippen LogP contribution in [0.2, 0.25) is 0 Å². The van der Waals surface area contributed by atoms with Crippen molar-refractivity contribution >= 4 is 12.6 Å². The van der Waals surface area contributed by atoms with Crippen LogP contribution in [0.3, 0.4) is 0 Å². The lowest BCUT2D eigenvalue weighted by molar-refractivity contribution is 0.459. The van der Waals surface area contributed by atoms with Crippen LogP contribution < -0.4 is 0 Å². The van der Waals surface area contributed by atoms with Crippen molar-refractivity contribution in [3.63, 3.8) is 0 Å². The van der Waals surface area contributed by atoms with E-state index < -0.39 is 0 Å². The van der Waals surface area contributed by atoms with Crippen LogP contribution in [0.15, 0.2) is 4.42 Å². The van der Waals surface area contributed by atoms with E-state index >= 15 is 0 Å². The number of nitrogens with zero attached hydrogens (tertiary/aromatic N) is 1. The van der Waals surface area contributed by atoms with E-state index in [1.807, 2.05) is 6.92 Å². The Bertz CT molecular complexity index is 278. The minimum absolute atomic E-state index is 0.0813. The highest BCUT2D eigenvalue weighted by atomic mass is 32.1. The van der Waals surface area contributed by atoms with Gasteiger partial charge in [-0.2, -0.15) is 12.6 Å². The van der Waals surface area contributed by atoms with Crippen LogP contribution in [0.4, 0.5) is 0 Å². The third-order valence-electron chi connectivity index (χ3n) is 1.97. The van der Waals surface area contributed by atoms with Gasteiger partial charge in [0.05, 0.1) is 10.9 Å². The molecule has 0 aromatic carbocycles. The Morgan fingerprint density at radius 2 is 2.00 bits per heavy atom. The topological polar surface area (TPSA) is 26.0 Å². The van der Waals surface area contributed by atoms with E-state index in [2.05, 4.69) is 38.4 Å². The van der Waals surface area contributed by atoms with Crippen LogP contribution >= 0.6 is 12.6 Å². The van der Waals surface area contributed by atoms with Gasteiger partial charge in [-0.25, -0.2) is 4.98 Å². The molecule has 2 nitrogen and oxygen atoms in total. The van der Waals surface area contributed by atoms with Gasteiger partial charge in [-0.1, -0.05) is 20.8 Å². The maximum Gasteiger partial charge on any atom is 0.207 e. The molecule has 0 N–H and O–H groups in total. The van der Waals surface area contributed by atoms with Gasteiger partial charge in [0.25, 0.3) is 0 Å². The third-order valence-corrected chi connectivity index (χ3v) is 2.19. The van der Waals surface area contributed by atoms with Crippen molar-refractivity contribution in [2.24, 2.45) is 0 Å². The minimum Gasteiger partial charge on any atom is -0.444 e. The van der Waals surface area contributed by atoms with Crippen LogP contribution in [0, 0.1) is 0 Å². The van der Waals surface area contributed by atoms with Crippen molar-refractivity contribution in [1.29, 1.82) is 0 Å². The van der Waals surface area contributed by atoms with Gasteiger partial charge >= 0.3 is 0 Å². The lowest BCUT2D eigenvalue weighted by Crippen LogP contribution is -1.93. The Morgan fingerprint density at radius 3 is 2.31 bits per heavy atom. The third kappa shape index (κ3) is 2.27. The van der Waals surface area contributed by atoms with Crippen molar-refractivity contribution in [2.75, 3.05) is 0 Å². The summed E-state index contributed by atoms with van der Waals surface area (Å²) in [4.78, 5) is 4.44. The summed E-state index contributed by atoms with van der Waals surface area (Å²) in [6, 6.07) is 0.